The molecule has 2 aromatic rings. The molecule has 186 valence electrons. The summed E-state index contributed by atoms with van der Waals surface area (Å²) in [6, 6.07) is 4.17. The second-order valence-corrected chi connectivity index (χ2v) is 8.34. The van der Waals surface area contributed by atoms with E-state index in [1.54, 1.807) is 6.92 Å². The highest BCUT2D eigenvalue weighted by Crippen LogP contribution is 2.29. The number of methoxy groups -OCH3 is 1. The molecular weight excluding hydrogens is 470 g/mol. The van der Waals surface area contributed by atoms with Crippen molar-refractivity contribution >= 4 is 35.4 Å². The molecule has 1 amide bonds. The van der Waals surface area contributed by atoms with Gasteiger partial charge in [0.25, 0.3) is 5.56 Å². The molecule has 11 heteroatoms. The maximum Gasteiger partial charge on any atom is 0.387 e. The van der Waals surface area contributed by atoms with Crippen LogP contribution in [-0.2, 0) is 20.9 Å². The van der Waals surface area contributed by atoms with Crippen LogP contribution in [0.3, 0.4) is 0 Å². The molecule has 0 saturated carbocycles. The standard InChI is InChI=1S/C23H28F2N2O6S/c1-5-7-14(3)26-19(28)13-27-20(12-21(29)32-6-2)34-18(22(27)30)11-15-8-9-16(33-23(24)25)17(10-15)31-4/h8-12,14,23H,5-7,13H2,1-4H3,(H,26,28)/b18-11-,20-12+. The van der Waals surface area contributed by atoms with Crippen molar-refractivity contribution in [1.29, 1.82) is 0 Å². The highest BCUT2D eigenvalue weighted by molar-refractivity contribution is 7.07. The van der Waals surface area contributed by atoms with Crippen molar-refractivity contribution in [3.8, 4) is 11.5 Å². The number of halogens is 2. The van der Waals surface area contributed by atoms with Gasteiger partial charge in [-0.25, -0.2) is 4.79 Å². The largest absolute Gasteiger partial charge is 0.493 e. The van der Waals surface area contributed by atoms with E-state index in [2.05, 4.69) is 10.1 Å². The monoisotopic (exact) mass is 498 g/mol. The normalized spacial score (nSPS) is 13.1. The van der Waals surface area contributed by atoms with Crippen LogP contribution in [0.2, 0.25) is 0 Å². The quantitative estimate of drug-likeness (QED) is 0.476. The van der Waals surface area contributed by atoms with Crippen molar-refractivity contribution < 1.29 is 32.6 Å². The first-order valence-corrected chi connectivity index (χ1v) is 11.5. The van der Waals surface area contributed by atoms with Gasteiger partial charge in [0, 0.05) is 6.04 Å². The summed E-state index contributed by atoms with van der Waals surface area (Å²) < 4.78 is 41.3. The van der Waals surface area contributed by atoms with E-state index < -0.39 is 18.1 Å². The van der Waals surface area contributed by atoms with Crippen molar-refractivity contribution in [3.05, 3.63) is 43.3 Å². The third-order valence-electron chi connectivity index (χ3n) is 4.60. The number of esters is 1. The first kappa shape index (κ1) is 27.0. The van der Waals surface area contributed by atoms with Gasteiger partial charge in [0.15, 0.2) is 11.5 Å². The molecular formula is C23H28F2N2O6S. The van der Waals surface area contributed by atoms with Gasteiger partial charge >= 0.3 is 12.6 Å². The first-order chi connectivity index (χ1) is 16.2. The van der Waals surface area contributed by atoms with E-state index in [9.17, 15) is 23.2 Å². The summed E-state index contributed by atoms with van der Waals surface area (Å²) >= 11 is 1.00. The summed E-state index contributed by atoms with van der Waals surface area (Å²) in [5.74, 6) is -1.08. The lowest BCUT2D eigenvalue weighted by molar-refractivity contribution is -0.135. The molecule has 1 aromatic carbocycles. The van der Waals surface area contributed by atoms with E-state index in [-0.39, 0.29) is 45.8 Å². The Morgan fingerprint density at radius 1 is 1.24 bits per heavy atom. The minimum Gasteiger partial charge on any atom is -0.493 e. The molecule has 0 spiro atoms. The van der Waals surface area contributed by atoms with E-state index in [0.717, 1.165) is 30.3 Å². The second kappa shape index (κ2) is 12.9. The molecule has 0 aliphatic carbocycles. The highest BCUT2D eigenvalue weighted by Gasteiger charge is 2.14. The number of carbonyl (C=O) groups is 2. The third kappa shape index (κ3) is 7.68. The van der Waals surface area contributed by atoms with Gasteiger partial charge in [0.05, 0.1) is 24.3 Å². The number of benzene rings is 1. The summed E-state index contributed by atoms with van der Waals surface area (Å²) in [5, 5.41) is 2.83. The summed E-state index contributed by atoms with van der Waals surface area (Å²) in [6.45, 7) is 2.40. The number of amides is 1. The number of aromatic nitrogens is 1. The molecule has 1 N–H and O–H groups in total. The fourth-order valence-electron chi connectivity index (χ4n) is 3.17. The van der Waals surface area contributed by atoms with E-state index in [1.807, 2.05) is 13.8 Å². The van der Waals surface area contributed by atoms with Crippen LogP contribution in [0, 0.1) is 0 Å². The summed E-state index contributed by atoms with van der Waals surface area (Å²) in [6.07, 6.45) is 4.36. The number of hydrogen-bond donors (Lipinski definition) is 1. The van der Waals surface area contributed by atoms with Gasteiger partial charge in [-0.15, -0.1) is 11.3 Å². The molecule has 0 bridgehead atoms. The Morgan fingerprint density at radius 2 is 1.97 bits per heavy atom. The molecule has 1 aromatic heterocycles. The number of ether oxygens (including phenoxy) is 3. The lowest BCUT2D eigenvalue weighted by Crippen LogP contribution is -2.41. The Kier molecular flexibility index (Phi) is 10.2. The molecule has 0 radical (unpaired) electrons. The van der Waals surface area contributed by atoms with Crippen molar-refractivity contribution in [1.82, 2.24) is 9.88 Å². The van der Waals surface area contributed by atoms with Gasteiger partial charge in [-0.1, -0.05) is 19.4 Å². The number of thiazole rings is 1. The fourth-order valence-corrected chi connectivity index (χ4v) is 4.20. The van der Waals surface area contributed by atoms with Crippen LogP contribution < -0.4 is 29.5 Å². The lowest BCUT2D eigenvalue weighted by atomic mass is 10.2. The van der Waals surface area contributed by atoms with Crippen molar-refractivity contribution in [2.75, 3.05) is 13.7 Å². The van der Waals surface area contributed by atoms with E-state index in [4.69, 9.17) is 9.47 Å². The van der Waals surface area contributed by atoms with Gasteiger partial charge < -0.3 is 19.5 Å². The number of nitrogens with one attached hydrogen (secondary N) is 1. The first-order valence-electron chi connectivity index (χ1n) is 10.7. The molecule has 0 aliphatic rings. The average molecular weight is 499 g/mol. The highest BCUT2D eigenvalue weighted by atomic mass is 32.1. The maximum absolute atomic E-state index is 13.1. The van der Waals surface area contributed by atoms with Crippen LogP contribution in [0.5, 0.6) is 11.5 Å². The van der Waals surface area contributed by atoms with Gasteiger partial charge in [0.2, 0.25) is 5.91 Å². The zero-order valence-corrected chi connectivity index (χ0v) is 20.2. The van der Waals surface area contributed by atoms with Crippen LogP contribution in [0.15, 0.2) is 23.0 Å². The molecule has 0 aliphatic heterocycles. The van der Waals surface area contributed by atoms with Crippen LogP contribution in [0.1, 0.15) is 39.2 Å². The minimum atomic E-state index is -3.01. The van der Waals surface area contributed by atoms with E-state index >= 15 is 0 Å². The van der Waals surface area contributed by atoms with Crippen LogP contribution in [0.4, 0.5) is 8.78 Å². The number of nitrogens with zero attached hydrogens (tertiary/aromatic N) is 1. The molecule has 1 heterocycles. The second-order valence-electron chi connectivity index (χ2n) is 7.28. The topological polar surface area (TPSA) is 95.9 Å². The van der Waals surface area contributed by atoms with E-state index in [1.165, 1.54) is 36.0 Å². The predicted octanol–water partition coefficient (Wildman–Crippen LogP) is 2.00. The van der Waals surface area contributed by atoms with Crippen molar-refractivity contribution in [3.63, 3.8) is 0 Å². The number of rotatable bonds is 11. The van der Waals surface area contributed by atoms with Crippen molar-refractivity contribution in [2.45, 2.75) is 52.8 Å². The molecule has 2 rings (SSSR count). The Balaban J connectivity index is 2.51. The zero-order valence-electron chi connectivity index (χ0n) is 19.4. The smallest absolute Gasteiger partial charge is 0.387 e. The maximum atomic E-state index is 13.1. The molecule has 8 nitrogen and oxygen atoms in total. The SMILES string of the molecule is CCCC(C)NC(=O)Cn1c(=O)/c(=C/c2ccc(OC(F)F)c(OC)c2)s/c1=C/C(=O)OCC. The lowest BCUT2D eigenvalue weighted by Gasteiger charge is -2.12. The molecule has 1 unspecified atom stereocenters. The summed E-state index contributed by atoms with van der Waals surface area (Å²) in [4.78, 5) is 37.6. The molecule has 0 fully saturated rings. The predicted molar refractivity (Wildman–Crippen MR) is 125 cm³/mol. The zero-order chi connectivity index (χ0) is 25.3. The Hall–Kier alpha value is -3.21. The van der Waals surface area contributed by atoms with Crippen LogP contribution in [-0.4, -0.2) is 42.8 Å². The fraction of sp³-hybridized carbons (Fsp3) is 0.435. The summed E-state index contributed by atoms with van der Waals surface area (Å²) in [7, 11) is 1.31. The number of carbonyl (C=O) groups excluding carboxylic acids is 2. The van der Waals surface area contributed by atoms with Crippen LogP contribution >= 0.6 is 11.3 Å². The van der Waals surface area contributed by atoms with Gasteiger partial charge in [0.1, 0.15) is 11.2 Å². The van der Waals surface area contributed by atoms with Crippen molar-refractivity contribution in [2.24, 2.45) is 0 Å². The van der Waals surface area contributed by atoms with Gasteiger partial charge in [-0.3, -0.25) is 14.2 Å². The third-order valence-corrected chi connectivity index (χ3v) is 5.66. The van der Waals surface area contributed by atoms with Gasteiger partial charge in [-0.2, -0.15) is 8.78 Å². The minimum absolute atomic E-state index is 0.0585. The number of alkyl halides is 2. The summed E-state index contributed by atoms with van der Waals surface area (Å²) in [5.41, 5.74) is -0.00149. The average Bonchev–Trinajstić information content (AvgIpc) is 3.03. The molecule has 34 heavy (non-hydrogen) atoms. The van der Waals surface area contributed by atoms with Gasteiger partial charge in [-0.05, 0) is 44.0 Å². The molecule has 1 atom stereocenters. The number of hydrogen-bond acceptors (Lipinski definition) is 7. The van der Waals surface area contributed by atoms with Crippen LogP contribution in [0.25, 0.3) is 12.2 Å². The Bertz CT molecular complexity index is 1180. The van der Waals surface area contributed by atoms with E-state index in [0.29, 0.717) is 5.56 Å². The molecule has 0 saturated heterocycles. The Labute approximate surface area is 199 Å². The Morgan fingerprint density at radius 3 is 2.59 bits per heavy atom.